The molecule has 5 rings (SSSR count). The van der Waals surface area contributed by atoms with Gasteiger partial charge in [0.2, 0.25) is 15.9 Å². The lowest BCUT2D eigenvalue weighted by Gasteiger charge is -2.30. The first-order valence-corrected chi connectivity index (χ1v) is 18.4. The van der Waals surface area contributed by atoms with E-state index in [2.05, 4.69) is 53.8 Å². The Kier molecular flexibility index (Phi) is 12.3. The van der Waals surface area contributed by atoms with Gasteiger partial charge in [-0.15, -0.1) is 0 Å². The maximum atomic E-state index is 14.6. The van der Waals surface area contributed by atoms with Crippen molar-refractivity contribution in [2.75, 3.05) is 14.2 Å². The highest BCUT2D eigenvalue weighted by atomic mass is 32.2. The third-order valence-electron chi connectivity index (χ3n) is 9.34. The molecule has 0 bridgehead atoms. The van der Waals surface area contributed by atoms with Crippen LogP contribution in [0.3, 0.4) is 0 Å². The first-order chi connectivity index (χ1) is 23.3. The van der Waals surface area contributed by atoms with Gasteiger partial charge in [0.15, 0.2) is 11.5 Å². The van der Waals surface area contributed by atoms with E-state index in [1.807, 2.05) is 42.5 Å². The number of rotatable bonds is 16. The molecule has 254 valence electrons. The van der Waals surface area contributed by atoms with Crippen LogP contribution in [0.2, 0.25) is 0 Å². The number of benzene rings is 4. The molecule has 1 aliphatic rings. The van der Waals surface area contributed by atoms with Gasteiger partial charge >= 0.3 is 0 Å². The standard InChI is InChI=1S/C40H48N2O5S/c1-30-27-36(29-38(46-2)39(30)47-3)48(44,45)42-35(28-33-19-11-6-12-20-33)25-26-37(42)40(43)41-34(23-13-21-31-15-7-4-8-16-31)24-14-22-32-17-9-5-10-18-32/h4-12,15-20,27,29,34-35,37H,13-14,21-26,28H2,1-3H3,(H,41,43)/t35-,37+/m1/s1. The van der Waals surface area contributed by atoms with Crippen molar-refractivity contribution >= 4 is 15.9 Å². The number of amides is 1. The monoisotopic (exact) mass is 668 g/mol. The van der Waals surface area contributed by atoms with Crippen LogP contribution < -0.4 is 14.8 Å². The van der Waals surface area contributed by atoms with E-state index in [9.17, 15) is 13.2 Å². The van der Waals surface area contributed by atoms with Crippen LogP contribution in [-0.2, 0) is 34.1 Å². The van der Waals surface area contributed by atoms with Crippen molar-refractivity contribution in [1.29, 1.82) is 0 Å². The number of nitrogens with zero attached hydrogens (tertiary/aromatic N) is 1. The summed E-state index contributed by atoms with van der Waals surface area (Å²) in [4.78, 5) is 14.3. The van der Waals surface area contributed by atoms with Crippen LogP contribution in [0, 0.1) is 6.92 Å². The third-order valence-corrected chi connectivity index (χ3v) is 11.3. The molecule has 7 nitrogen and oxygen atoms in total. The predicted molar refractivity (Wildman–Crippen MR) is 191 cm³/mol. The topological polar surface area (TPSA) is 84.9 Å². The average molecular weight is 669 g/mol. The van der Waals surface area contributed by atoms with Crippen LogP contribution in [0.1, 0.15) is 60.8 Å². The Morgan fingerprint density at radius 2 is 1.33 bits per heavy atom. The summed E-state index contributed by atoms with van der Waals surface area (Å²) in [6.07, 6.45) is 6.90. The SMILES string of the molecule is COc1cc(S(=O)(=O)N2[C@@H](Cc3ccccc3)CC[C@H]2C(=O)NC(CCCc2ccccc2)CCCc2ccccc2)cc(C)c1OC. The van der Waals surface area contributed by atoms with E-state index < -0.39 is 16.1 Å². The highest BCUT2D eigenvalue weighted by Gasteiger charge is 2.46. The maximum absolute atomic E-state index is 14.6. The van der Waals surface area contributed by atoms with Crippen LogP contribution in [0.15, 0.2) is 108 Å². The van der Waals surface area contributed by atoms with E-state index in [1.54, 1.807) is 13.0 Å². The van der Waals surface area contributed by atoms with E-state index in [4.69, 9.17) is 9.47 Å². The van der Waals surface area contributed by atoms with Gasteiger partial charge in [0.25, 0.3) is 0 Å². The van der Waals surface area contributed by atoms with Crippen LogP contribution >= 0.6 is 0 Å². The van der Waals surface area contributed by atoms with Crippen molar-refractivity contribution in [3.05, 3.63) is 125 Å². The van der Waals surface area contributed by atoms with Crippen LogP contribution in [0.25, 0.3) is 0 Å². The molecule has 0 aliphatic carbocycles. The Morgan fingerprint density at radius 3 is 1.85 bits per heavy atom. The van der Waals surface area contributed by atoms with Gasteiger partial charge in [-0.25, -0.2) is 8.42 Å². The number of hydrogen-bond acceptors (Lipinski definition) is 5. The number of methoxy groups -OCH3 is 2. The zero-order valence-electron chi connectivity index (χ0n) is 28.3. The fourth-order valence-electron chi connectivity index (χ4n) is 6.92. The van der Waals surface area contributed by atoms with Crippen molar-refractivity contribution in [2.24, 2.45) is 0 Å². The molecular weight excluding hydrogens is 621 g/mol. The number of carbonyl (C=O) groups excluding carboxylic acids is 1. The Bertz CT molecular complexity index is 1670. The van der Waals surface area contributed by atoms with E-state index >= 15 is 0 Å². The maximum Gasteiger partial charge on any atom is 0.244 e. The molecule has 1 amide bonds. The molecule has 1 aliphatic heterocycles. The first-order valence-electron chi connectivity index (χ1n) is 17.0. The Labute approximate surface area is 286 Å². The fraction of sp³-hybridized carbons (Fsp3) is 0.375. The molecule has 4 aromatic rings. The van der Waals surface area contributed by atoms with Crippen LogP contribution in [0.4, 0.5) is 0 Å². The van der Waals surface area contributed by atoms with Gasteiger partial charge in [0, 0.05) is 18.2 Å². The number of aryl methyl sites for hydroxylation is 3. The molecular formula is C40H48N2O5S. The fourth-order valence-corrected chi connectivity index (χ4v) is 8.86. The summed E-state index contributed by atoms with van der Waals surface area (Å²) in [5.41, 5.74) is 4.22. The lowest BCUT2D eigenvalue weighted by Crippen LogP contribution is -2.51. The van der Waals surface area contributed by atoms with Gasteiger partial charge in [-0.2, -0.15) is 4.31 Å². The zero-order valence-corrected chi connectivity index (χ0v) is 29.1. The number of ether oxygens (including phenoxy) is 2. The second-order valence-electron chi connectivity index (χ2n) is 12.7. The van der Waals surface area contributed by atoms with Crippen molar-refractivity contribution in [2.45, 2.75) is 87.7 Å². The molecule has 1 fully saturated rings. The lowest BCUT2D eigenvalue weighted by atomic mass is 9.98. The second-order valence-corrected chi connectivity index (χ2v) is 14.6. The van der Waals surface area contributed by atoms with Crippen molar-refractivity contribution in [3.8, 4) is 11.5 Å². The molecule has 2 atom stereocenters. The zero-order chi connectivity index (χ0) is 33.9. The molecule has 1 saturated heterocycles. The van der Waals surface area contributed by atoms with E-state index in [0.29, 0.717) is 36.3 Å². The minimum Gasteiger partial charge on any atom is -0.493 e. The first kappa shape index (κ1) is 35.2. The smallest absolute Gasteiger partial charge is 0.244 e. The molecule has 48 heavy (non-hydrogen) atoms. The summed E-state index contributed by atoms with van der Waals surface area (Å²) in [5, 5.41) is 3.33. The number of nitrogens with one attached hydrogen (secondary N) is 1. The number of sulfonamides is 1. The summed E-state index contributed by atoms with van der Waals surface area (Å²) in [5.74, 6) is 0.602. The number of hydrogen-bond donors (Lipinski definition) is 1. The Balaban J connectivity index is 1.39. The largest absolute Gasteiger partial charge is 0.493 e. The quantitative estimate of drug-likeness (QED) is 0.135. The molecule has 0 unspecified atom stereocenters. The van der Waals surface area contributed by atoms with E-state index in [0.717, 1.165) is 44.1 Å². The van der Waals surface area contributed by atoms with Gasteiger partial charge in [0.05, 0.1) is 19.1 Å². The average Bonchev–Trinajstić information content (AvgIpc) is 3.53. The van der Waals surface area contributed by atoms with Crippen LogP contribution in [-0.4, -0.2) is 51.0 Å². The van der Waals surface area contributed by atoms with Crippen molar-refractivity contribution in [3.63, 3.8) is 0 Å². The minimum absolute atomic E-state index is 0.0639. The molecule has 4 aromatic carbocycles. The summed E-state index contributed by atoms with van der Waals surface area (Å²) < 4.78 is 41.6. The van der Waals surface area contributed by atoms with Crippen LogP contribution in [0.5, 0.6) is 11.5 Å². The molecule has 0 radical (unpaired) electrons. The lowest BCUT2D eigenvalue weighted by molar-refractivity contribution is -0.125. The van der Waals surface area contributed by atoms with Gasteiger partial charge in [-0.3, -0.25) is 4.79 Å². The minimum atomic E-state index is -4.09. The molecule has 1 heterocycles. The molecule has 1 N–H and O–H groups in total. The summed E-state index contributed by atoms with van der Waals surface area (Å²) in [7, 11) is -1.06. The third kappa shape index (κ3) is 8.85. The molecule has 0 spiro atoms. The van der Waals surface area contributed by atoms with E-state index in [1.165, 1.54) is 35.7 Å². The summed E-state index contributed by atoms with van der Waals surface area (Å²) in [6, 6.07) is 32.5. The van der Waals surface area contributed by atoms with Crippen molar-refractivity contribution in [1.82, 2.24) is 9.62 Å². The van der Waals surface area contributed by atoms with Gasteiger partial charge < -0.3 is 14.8 Å². The van der Waals surface area contributed by atoms with Gasteiger partial charge in [0.1, 0.15) is 6.04 Å². The second kappa shape index (κ2) is 16.8. The summed E-state index contributed by atoms with van der Waals surface area (Å²) in [6.45, 7) is 1.80. The molecule has 0 aromatic heterocycles. The molecule has 8 heteroatoms. The summed E-state index contributed by atoms with van der Waals surface area (Å²) >= 11 is 0. The predicted octanol–water partition coefficient (Wildman–Crippen LogP) is 7.31. The molecule has 0 saturated carbocycles. The highest BCUT2D eigenvalue weighted by molar-refractivity contribution is 7.89. The Hall–Kier alpha value is -4.14. The van der Waals surface area contributed by atoms with Gasteiger partial charge in [-0.1, -0.05) is 91.0 Å². The normalized spacial score (nSPS) is 16.6. The van der Waals surface area contributed by atoms with Crippen molar-refractivity contribution < 1.29 is 22.7 Å². The Morgan fingerprint density at radius 1 is 0.792 bits per heavy atom. The number of carbonyl (C=O) groups is 1. The van der Waals surface area contributed by atoms with Gasteiger partial charge in [-0.05, 0) is 93.0 Å². The van der Waals surface area contributed by atoms with E-state index in [-0.39, 0.29) is 22.9 Å². The highest BCUT2D eigenvalue weighted by Crippen LogP contribution is 2.38.